The first kappa shape index (κ1) is 24.7. The largest absolute Gasteiger partial charge is 0.484 e. The van der Waals surface area contributed by atoms with E-state index in [0.29, 0.717) is 43.9 Å². The number of carbonyl (C=O) groups excluding carboxylic acids is 2. The van der Waals surface area contributed by atoms with Crippen molar-refractivity contribution >= 4 is 17.8 Å². The molecule has 2 fully saturated rings. The van der Waals surface area contributed by atoms with E-state index >= 15 is 0 Å². The predicted octanol–water partition coefficient (Wildman–Crippen LogP) is 3.14. The Morgan fingerprint density at radius 2 is 1.74 bits per heavy atom. The van der Waals surface area contributed by atoms with Crippen LogP contribution in [0, 0.1) is 5.92 Å². The number of para-hydroxylation sites is 1. The van der Waals surface area contributed by atoms with Crippen LogP contribution in [0.3, 0.4) is 0 Å². The predicted molar refractivity (Wildman–Crippen MR) is 129 cm³/mol. The van der Waals surface area contributed by atoms with Gasteiger partial charge in [-0.3, -0.25) is 14.4 Å². The molecule has 8 heteroatoms. The van der Waals surface area contributed by atoms with Gasteiger partial charge in [0.05, 0.1) is 18.6 Å². The molecule has 2 aromatic rings. The number of carboxylic acid groups (broad SMARTS) is 1. The quantitative estimate of drug-likeness (QED) is 0.624. The van der Waals surface area contributed by atoms with Gasteiger partial charge in [-0.25, -0.2) is 0 Å². The molecule has 3 atom stereocenters. The second-order valence-electron chi connectivity index (χ2n) is 9.14. The van der Waals surface area contributed by atoms with E-state index in [2.05, 4.69) is 0 Å². The fourth-order valence-electron chi connectivity index (χ4n) is 5.45. The molecule has 2 aliphatic rings. The van der Waals surface area contributed by atoms with Gasteiger partial charge in [-0.05, 0) is 43.4 Å². The maximum absolute atomic E-state index is 14.1. The molecular formula is C27H32N2O6. The lowest BCUT2D eigenvalue weighted by Gasteiger charge is -2.41. The van der Waals surface area contributed by atoms with Crippen LogP contribution in [0.2, 0.25) is 0 Å². The number of hydrogen-bond acceptors (Lipinski definition) is 5. The smallest absolute Gasteiger partial charge is 0.309 e. The minimum Gasteiger partial charge on any atom is -0.484 e. The monoisotopic (exact) mass is 480 g/mol. The van der Waals surface area contributed by atoms with Gasteiger partial charge >= 0.3 is 5.97 Å². The molecule has 0 bridgehead atoms. The fourth-order valence-corrected chi connectivity index (χ4v) is 5.45. The third kappa shape index (κ3) is 5.03. The van der Waals surface area contributed by atoms with Crippen LogP contribution < -0.4 is 4.74 Å². The van der Waals surface area contributed by atoms with Crippen LogP contribution in [0.25, 0.3) is 0 Å². The van der Waals surface area contributed by atoms with Crippen LogP contribution in [0.15, 0.2) is 60.7 Å². The minimum absolute atomic E-state index is 0.0707. The summed E-state index contributed by atoms with van der Waals surface area (Å²) < 4.78 is 11.0. The van der Waals surface area contributed by atoms with Gasteiger partial charge in [0.25, 0.3) is 5.91 Å². The standard InChI is InChI=1S/C27H32N2O6/c1-34-17-16-28-15-9-8-14-27(26(28)33)18-22(25(31)32)24(20-10-4-2-5-11-20)29(27)23(30)19-35-21-12-6-3-7-13-21/h2-7,10-13,22,24H,8-9,14-19H2,1H3,(H,31,32)/t22-,24-,27-/m0/s1. The van der Waals surface area contributed by atoms with Crippen molar-refractivity contribution in [1.82, 2.24) is 9.80 Å². The Labute approximate surface area is 205 Å². The average Bonchev–Trinajstić information content (AvgIpc) is 3.16. The molecule has 2 heterocycles. The Balaban J connectivity index is 1.76. The molecule has 0 radical (unpaired) electrons. The molecule has 0 saturated carbocycles. The molecule has 1 spiro atoms. The summed E-state index contributed by atoms with van der Waals surface area (Å²) in [6.45, 7) is 1.04. The molecule has 2 aliphatic heterocycles. The van der Waals surface area contributed by atoms with Crippen molar-refractivity contribution in [3.63, 3.8) is 0 Å². The third-order valence-electron chi connectivity index (χ3n) is 7.03. The van der Waals surface area contributed by atoms with Crippen LogP contribution in [0.5, 0.6) is 5.75 Å². The second-order valence-corrected chi connectivity index (χ2v) is 9.14. The lowest BCUT2D eigenvalue weighted by molar-refractivity contribution is -0.155. The summed E-state index contributed by atoms with van der Waals surface area (Å²) in [4.78, 5) is 43.6. The Bertz CT molecular complexity index is 1030. The number of nitrogens with zero attached hydrogens (tertiary/aromatic N) is 2. The number of carboxylic acids is 1. The number of benzene rings is 2. The van der Waals surface area contributed by atoms with Gasteiger partial charge in [0.2, 0.25) is 5.91 Å². The first-order chi connectivity index (χ1) is 17.0. The molecular weight excluding hydrogens is 448 g/mol. The zero-order chi connectivity index (χ0) is 24.8. The van der Waals surface area contributed by atoms with Crippen LogP contribution >= 0.6 is 0 Å². The van der Waals surface area contributed by atoms with E-state index in [1.54, 1.807) is 24.1 Å². The maximum atomic E-state index is 14.1. The SMILES string of the molecule is COCCN1CCCC[C@]2(C[C@H](C(=O)O)[C@H](c3ccccc3)N2C(=O)COc2ccccc2)C1=O. The normalized spacial score (nSPS) is 24.4. The van der Waals surface area contributed by atoms with E-state index in [4.69, 9.17) is 9.47 Å². The number of aliphatic carboxylic acids is 1. The topological polar surface area (TPSA) is 96.4 Å². The molecule has 2 aromatic carbocycles. The molecule has 1 N–H and O–H groups in total. The van der Waals surface area contributed by atoms with Gasteiger partial charge in [-0.15, -0.1) is 0 Å². The molecule has 0 aromatic heterocycles. The van der Waals surface area contributed by atoms with E-state index in [9.17, 15) is 19.5 Å². The highest BCUT2D eigenvalue weighted by atomic mass is 16.5. The van der Waals surface area contributed by atoms with E-state index in [1.165, 1.54) is 4.90 Å². The van der Waals surface area contributed by atoms with Crippen molar-refractivity contribution in [3.8, 4) is 5.75 Å². The number of amides is 2. The highest BCUT2D eigenvalue weighted by Gasteiger charge is 2.61. The van der Waals surface area contributed by atoms with Crippen molar-refractivity contribution in [2.24, 2.45) is 5.92 Å². The highest BCUT2D eigenvalue weighted by Crippen LogP contribution is 2.50. The first-order valence-corrected chi connectivity index (χ1v) is 12.0. The molecule has 2 amide bonds. The molecule has 0 aliphatic carbocycles. The zero-order valence-electron chi connectivity index (χ0n) is 20.0. The van der Waals surface area contributed by atoms with E-state index in [1.807, 2.05) is 48.5 Å². The molecule has 8 nitrogen and oxygen atoms in total. The van der Waals surface area contributed by atoms with E-state index in [0.717, 1.165) is 6.42 Å². The molecule has 35 heavy (non-hydrogen) atoms. The van der Waals surface area contributed by atoms with Gasteiger partial charge in [0.15, 0.2) is 6.61 Å². The van der Waals surface area contributed by atoms with Crippen molar-refractivity contribution in [2.45, 2.75) is 37.3 Å². The van der Waals surface area contributed by atoms with Gasteiger partial charge in [0.1, 0.15) is 11.3 Å². The summed E-state index contributed by atoms with van der Waals surface area (Å²) in [5.41, 5.74) is -0.546. The van der Waals surface area contributed by atoms with Crippen molar-refractivity contribution < 1.29 is 29.0 Å². The van der Waals surface area contributed by atoms with Gasteiger partial charge in [-0.1, -0.05) is 48.5 Å². The van der Waals surface area contributed by atoms with Crippen molar-refractivity contribution in [2.75, 3.05) is 33.4 Å². The number of carbonyl (C=O) groups is 3. The van der Waals surface area contributed by atoms with Crippen LogP contribution in [-0.2, 0) is 19.1 Å². The summed E-state index contributed by atoms with van der Waals surface area (Å²) in [6, 6.07) is 17.3. The molecule has 2 saturated heterocycles. The summed E-state index contributed by atoms with van der Waals surface area (Å²) in [5.74, 6) is -1.99. The van der Waals surface area contributed by atoms with E-state index in [-0.39, 0.29) is 18.9 Å². The van der Waals surface area contributed by atoms with E-state index < -0.39 is 29.4 Å². The fraction of sp³-hybridized carbons (Fsp3) is 0.444. The highest BCUT2D eigenvalue weighted by molar-refractivity contribution is 5.95. The Morgan fingerprint density at radius 1 is 1.06 bits per heavy atom. The number of methoxy groups -OCH3 is 1. The van der Waals surface area contributed by atoms with Crippen LogP contribution in [0.1, 0.15) is 37.3 Å². The average molecular weight is 481 g/mol. The number of likely N-dealkylation sites (tertiary alicyclic amines) is 2. The second kappa shape index (κ2) is 10.9. The Kier molecular flexibility index (Phi) is 7.70. The Hall–Kier alpha value is -3.39. The van der Waals surface area contributed by atoms with Gasteiger partial charge in [0, 0.05) is 20.2 Å². The van der Waals surface area contributed by atoms with Crippen molar-refractivity contribution in [3.05, 3.63) is 66.2 Å². The van der Waals surface area contributed by atoms with Crippen molar-refractivity contribution in [1.29, 1.82) is 0 Å². The van der Waals surface area contributed by atoms with Gasteiger partial charge < -0.3 is 24.4 Å². The maximum Gasteiger partial charge on any atom is 0.309 e. The lowest BCUT2D eigenvalue weighted by Crippen LogP contribution is -2.59. The molecule has 0 unspecified atom stereocenters. The lowest BCUT2D eigenvalue weighted by atomic mass is 9.85. The first-order valence-electron chi connectivity index (χ1n) is 12.0. The molecule has 186 valence electrons. The summed E-state index contributed by atoms with van der Waals surface area (Å²) in [5, 5.41) is 10.2. The number of hydrogen-bond donors (Lipinski definition) is 1. The minimum atomic E-state index is -1.25. The molecule has 4 rings (SSSR count). The number of ether oxygens (including phenoxy) is 2. The third-order valence-corrected chi connectivity index (χ3v) is 7.03. The Morgan fingerprint density at radius 3 is 2.40 bits per heavy atom. The number of rotatable bonds is 8. The zero-order valence-corrected chi connectivity index (χ0v) is 20.0. The van der Waals surface area contributed by atoms with Crippen LogP contribution in [-0.4, -0.2) is 71.6 Å². The summed E-state index contributed by atoms with van der Waals surface area (Å²) in [6.07, 6.45) is 1.99. The summed E-state index contributed by atoms with van der Waals surface area (Å²) in [7, 11) is 1.58. The van der Waals surface area contributed by atoms with Crippen LogP contribution in [0.4, 0.5) is 0 Å². The van der Waals surface area contributed by atoms with Gasteiger partial charge in [-0.2, -0.15) is 0 Å². The summed E-state index contributed by atoms with van der Waals surface area (Å²) >= 11 is 0.